The van der Waals surface area contributed by atoms with Gasteiger partial charge in [-0.2, -0.15) is 0 Å². The van der Waals surface area contributed by atoms with Crippen LogP contribution in [0.5, 0.6) is 0 Å². The highest BCUT2D eigenvalue weighted by Crippen LogP contribution is 2.24. The minimum Gasteiger partial charge on any atom is -0.338 e. The minimum absolute atomic E-state index is 0.302. The summed E-state index contributed by atoms with van der Waals surface area (Å²) in [5, 5.41) is 2.46. The van der Waals surface area contributed by atoms with Gasteiger partial charge in [0.25, 0.3) is 0 Å². The molecule has 0 radical (unpaired) electrons. The van der Waals surface area contributed by atoms with Gasteiger partial charge in [0.05, 0.1) is 5.54 Å². The van der Waals surface area contributed by atoms with E-state index in [1.165, 1.54) is 16.9 Å². The third kappa shape index (κ3) is 5.92. The summed E-state index contributed by atoms with van der Waals surface area (Å²) in [5.41, 5.74) is 2.11. The van der Waals surface area contributed by atoms with Gasteiger partial charge in [-0.15, -0.1) is 11.8 Å². The summed E-state index contributed by atoms with van der Waals surface area (Å²) >= 11 is 1.80. The molecule has 102 valence electrons. The first kappa shape index (κ1) is 15.6. The highest BCUT2D eigenvalue weighted by Gasteiger charge is 2.27. The molecule has 0 spiro atoms. The predicted molar refractivity (Wildman–Crippen MR) is 82.0 cm³/mol. The number of benzene rings is 1. The lowest BCUT2D eigenvalue weighted by Crippen LogP contribution is -2.94. The molecule has 1 nitrogen and oxygen atoms in total. The Morgan fingerprint density at radius 3 is 2.00 bits per heavy atom. The van der Waals surface area contributed by atoms with E-state index in [0.29, 0.717) is 11.0 Å². The number of hydrogen-bond acceptors (Lipinski definition) is 1. The average Bonchev–Trinajstić information content (AvgIpc) is 2.24. The molecule has 0 amide bonds. The number of hydrogen-bond donors (Lipinski definition) is 1. The Balaban J connectivity index is 2.53. The van der Waals surface area contributed by atoms with E-state index >= 15 is 0 Å². The summed E-state index contributed by atoms with van der Waals surface area (Å²) in [7, 11) is 0. The van der Waals surface area contributed by atoms with Crippen LogP contribution in [0.1, 0.15) is 46.6 Å². The summed E-state index contributed by atoms with van der Waals surface area (Å²) < 4.78 is 0. The Labute approximate surface area is 117 Å². The van der Waals surface area contributed by atoms with E-state index in [4.69, 9.17) is 0 Å². The third-order valence-electron chi connectivity index (χ3n) is 3.04. The van der Waals surface area contributed by atoms with Gasteiger partial charge in [-0.25, -0.2) is 0 Å². The number of rotatable bonds is 5. The molecule has 1 rings (SSSR count). The van der Waals surface area contributed by atoms with Crippen LogP contribution < -0.4 is 5.32 Å². The first-order valence-electron chi connectivity index (χ1n) is 6.69. The van der Waals surface area contributed by atoms with Crippen molar-refractivity contribution in [3.8, 4) is 0 Å². The Morgan fingerprint density at radius 1 is 1.00 bits per heavy atom. The molecule has 2 heteroatoms. The van der Waals surface area contributed by atoms with Crippen molar-refractivity contribution in [2.24, 2.45) is 5.41 Å². The molecule has 0 atom stereocenters. The van der Waals surface area contributed by atoms with Gasteiger partial charge in [0.15, 0.2) is 0 Å². The number of quaternary nitrogens is 1. The van der Waals surface area contributed by atoms with Crippen molar-refractivity contribution in [2.45, 2.75) is 58.0 Å². The predicted octanol–water partition coefficient (Wildman–Crippen LogP) is 3.69. The Hall–Kier alpha value is -0.470. The van der Waals surface area contributed by atoms with Crippen molar-refractivity contribution in [1.82, 2.24) is 0 Å². The summed E-state index contributed by atoms with van der Waals surface area (Å²) in [5.74, 6) is 0. The Bertz CT molecular complexity index is 360. The third-order valence-corrected chi connectivity index (χ3v) is 3.78. The zero-order chi connectivity index (χ0) is 13.8. The van der Waals surface area contributed by atoms with E-state index in [1.807, 2.05) is 0 Å². The number of thioether (sulfide) groups is 1. The van der Waals surface area contributed by atoms with Crippen LogP contribution in [0.4, 0.5) is 0 Å². The van der Waals surface area contributed by atoms with Crippen molar-refractivity contribution < 1.29 is 5.32 Å². The normalized spacial score (nSPS) is 12.8. The minimum atomic E-state index is 0.302. The van der Waals surface area contributed by atoms with E-state index in [0.717, 1.165) is 6.54 Å². The second-order valence-corrected chi connectivity index (χ2v) is 7.86. The highest BCUT2D eigenvalue weighted by molar-refractivity contribution is 7.98. The van der Waals surface area contributed by atoms with Crippen LogP contribution in [-0.4, -0.2) is 11.8 Å². The molecular weight excluding hydrogens is 238 g/mol. The molecule has 0 aromatic heterocycles. The van der Waals surface area contributed by atoms with E-state index < -0.39 is 0 Å². The fraction of sp³-hybridized carbons (Fsp3) is 0.625. The molecular formula is C16H28NS+. The van der Waals surface area contributed by atoms with Gasteiger partial charge in [-0.05, 0) is 37.7 Å². The van der Waals surface area contributed by atoms with Crippen LogP contribution in [0, 0.1) is 5.41 Å². The quantitative estimate of drug-likeness (QED) is 0.804. The molecule has 0 fully saturated rings. The van der Waals surface area contributed by atoms with Crippen LogP contribution in [0.3, 0.4) is 0 Å². The van der Waals surface area contributed by atoms with E-state index in [9.17, 15) is 0 Å². The second-order valence-electron chi connectivity index (χ2n) is 6.98. The zero-order valence-electron chi connectivity index (χ0n) is 12.7. The van der Waals surface area contributed by atoms with E-state index in [-0.39, 0.29) is 0 Å². The largest absolute Gasteiger partial charge is 0.338 e. The van der Waals surface area contributed by atoms with Crippen LogP contribution in [-0.2, 0) is 6.54 Å². The zero-order valence-corrected chi connectivity index (χ0v) is 13.5. The molecule has 1 aromatic rings. The van der Waals surface area contributed by atoms with E-state index in [1.54, 1.807) is 11.8 Å². The molecule has 1 aromatic carbocycles. The van der Waals surface area contributed by atoms with Crippen molar-refractivity contribution in [3.63, 3.8) is 0 Å². The van der Waals surface area contributed by atoms with Gasteiger partial charge in [0, 0.05) is 16.9 Å². The first-order valence-corrected chi connectivity index (χ1v) is 7.92. The van der Waals surface area contributed by atoms with Crippen LogP contribution in [0.15, 0.2) is 29.2 Å². The van der Waals surface area contributed by atoms with Gasteiger partial charge in [-0.1, -0.05) is 32.9 Å². The van der Waals surface area contributed by atoms with Crippen molar-refractivity contribution in [2.75, 3.05) is 6.26 Å². The smallest absolute Gasteiger partial charge is 0.102 e. The van der Waals surface area contributed by atoms with Crippen molar-refractivity contribution in [3.05, 3.63) is 29.8 Å². The standard InChI is InChI=1S/C16H27NS/c1-15(2,3)12-16(4,5)17-11-13-7-9-14(18-6)10-8-13/h7-10,17H,11-12H2,1-6H3/p+1. The maximum Gasteiger partial charge on any atom is 0.102 e. The molecule has 0 aliphatic heterocycles. The lowest BCUT2D eigenvalue weighted by molar-refractivity contribution is -0.737. The molecule has 18 heavy (non-hydrogen) atoms. The molecule has 0 bridgehead atoms. The Kier molecular flexibility index (Phi) is 5.30. The van der Waals surface area contributed by atoms with Gasteiger partial charge < -0.3 is 5.32 Å². The van der Waals surface area contributed by atoms with Crippen LogP contribution >= 0.6 is 11.8 Å². The summed E-state index contributed by atoms with van der Waals surface area (Å²) in [6, 6.07) is 8.92. The monoisotopic (exact) mass is 266 g/mol. The van der Waals surface area contributed by atoms with Crippen LogP contribution in [0.25, 0.3) is 0 Å². The van der Waals surface area contributed by atoms with Gasteiger partial charge in [0.1, 0.15) is 6.54 Å². The maximum atomic E-state index is 2.46. The molecule has 0 heterocycles. The molecule has 0 unspecified atom stereocenters. The molecule has 0 aliphatic rings. The lowest BCUT2D eigenvalue weighted by atomic mass is 9.82. The SMILES string of the molecule is CSc1ccc(C[NH2+]C(C)(C)CC(C)(C)C)cc1. The molecule has 0 saturated carbocycles. The summed E-state index contributed by atoms with van der Waals surface area (Å²) in [6.07, 6.45) is 3.34. The van der Waals surface area contributed by atoms with Gasteiger partial charge in [-0.3, -0.25) is 0 Å². The molecule has 2 N–H and O–H groups in total. The van der Waals surface area contributed by atoms with Gasteiger partial charge >= 0.3 is 0 Å². The van der Waals surface area contributed by atoms with Crippen molar-refractivity contribution >= 4 is 11.8 Å². The second kappa shape index (κ2) is 6.12. The fourth-order valence-electron chi connectivity index (χ4n) is 2.59. The summed E-state index contributed by atoms with van der Waals surface area (Å²) in [4.78, 5) is 1.34. The van der Waals surface area contributed by atoms with Crippen molar-refractivity contribution in [1.29, 1.82) is 0 Å². The highest BCUT2D eigenvalue weighted by atomic mass is 32.2. The van der Waals surface area contributed by atoms with E-state index in [2.05, 4.69) is 70.5 Å². The molecule has 0 aliphatic carbocycles. The average molecular weight is 266 g/mol. The van der Waals surface area contributed by atoms with Gasteiger partial charge in [0.2, 0.25) is 0 Å². The first-order chi connectivity index (χ1) is 8.22. The fourth-order valence-corrected chi connectivity index (χ4v) is 3.00. The summed E-state index contributed by atoms with van der Waals surface area (Å²) in [6.45, 7) is 12.7. The lowest BCUT2D eigenvalue weighted by Gasteiger charge is -2.30. The topological polar surface area (TPSA) is 16.6 Å². The number of nitrogens with two attached hydrogens (primary N) is 1. The maximum absolute atomic E-state index is 2.46. The molecule has 0 saturated heterocycles. The Morgan fingerprint density at radius 2 is 1.56 bits per heavy atom. The van der Waals surface area contributed by atoms with Crippen LogP contribution in [0.2, 0.25) is 0 Å².